The van der Waals surface area contributed by atoms with Crippen molar-refractivity contribution in [2.75, 3.05) is 16.8 Å². The molecular weight excluding hydrogens is 343 g/mol. The minimum absolute atomic E-state index is 0.272. The minimum Gasteiger partial charge on any atom is -0.339 e. The summed E-state index contributed by atoms with van der Waals surface area (Å²) in [5.41, 5.74) is 0.436. The molecular formula is C18H16F3N5. The molecule has 1 aromatic heterocycles. The van der Waals surface area contributed by atoms with Gasteiger partial charge in [-0.05, 0) is 37.3 Å². The van der Waals surface area contributed by atoms with Crippen molar-refractivity contribution in [2.45, 2.75) is 13.1 Å². The number of hydrogen-bond donors (Lipinski definition) is 1. The molecule has 0 aliphatic heterocycles. The number of alkyl halides is 3. The largest absolute Gasteiger partial charge is 0.416 e. The molecule has 1 N–H and O–H groups in total. The lowest BCUT2D eigenvalue weighted by molar-refractivity contribution is -0.137. The van der Waals surface area contributed by atoms with Gasteiger partial charge in [-0.3, -0.25) is 0 Å². The van der Waals surface area contributed by atoms with Gasteiger partial charge < -0.3 is 10.2 Å². The zero-order valence-corrected chi connectivity index (χ0v) is 13.9. The average Bonchev–Trinajstić information content (AvgIpc) is 2.63. The summed E-state index contributed by atoms with van der Waals surface area (Å²) in [4.78, 5) is 6.22. The predicted octanol–water partition coefficient (Wildman–Crippen LogP) is 4.79. The Morgan fingerprint density at radius 3 is 2.50 bits per heavy atom. The molecule has 2 aromatic carbocycles. The van der Waals surface area contributed by atoms with E-state index in [0.717, 1.165) is 17.8 Å². The van der Waals surface area contributed by atoms with Crippen LogP contribution in [0.1, 0.15) is 12.5 Å². The van der Waals surface area contributed by atoms with Gasteiger partial charge in [-0.25, -0.2) is 0 Å². The summed E-state index contributed by atoms with van der Waals surface area (Å²) in [6.45, 7) is 2.56. The predicted molar refractivity (Wildman–Crippen MR) is 93.7 cm³/mol. The molecule has 3 rings (SSSR count). The summed E-state index contributed by atoms with van der Waals surface area (Å²) < 4.78 is 38.5. The van der Waals surface area contributed by atoms with E-state index in [9.17, 15) is 13.2 Å². The van der Waals surface area contributed by atoms with E-state index < -0.39 is 11.7 Å². The van der Waals surface area contributed by atoms with E-state index in [1.54, 1.807) is 0 Å². The standard InChI is InChI=1S/C18H16F3N5/c1-2-26(15-9-4-3-5-10-15)17-24-16(12-22-25-17)23-14-8-6-7-13(11-14)18(19,20)21/h3-12H,2H2,1H3,(H,23,24,25). The Morgan fingerprint density at radius 1 is 1.04 bits per heavy atom. The van der Waals surface area contributed by atoms with Gasteiger partial charge in [-0.1, -0.05) is 24.3 Å². The van der Waals surface area contributed by atoms with Gasteiger partial charge in [0.15, 0.2) is 5.82 Å². The van der Waals surface area contributed by atoms with E-state index >= 15 is 0 Å². The maximum atomic E-state index is 12.8. The zero-order valence-electron chi connectivity index (χ0n) is 13.9. The number of nitrogens with one attached hydrogen (secondary N) is 1. The maximum absolute atomic E-state index is 12.8. The lowest BCUT2D eigenvalue weighted by atomic mass is 10.2. The molecule has 0 radical (unpaired) electrons. The fourth-order valence-electron chi connectivity index (χ4n) is 2.44. The van der Waals surface area contributed by atoms with Crippen LogP contribution < -0.4 is 10.2 Å². The van der Waals surface area contributed by atoms with Crippen molar-refractivity contribution in [3.8, 4) is 0 Å². The van der Waals surface area contributed by atoms with Crippen molar-refractivity contribution in [1.29, 1.82) is 0 Å². The number of benzene rings is 2. The molecule has 0 saturated carbocycles. The van der Waals surface area contributed by atoms with Crippen LogP contribution in [0, 0.1) is 0 Å². The average molecular weight is 359 g/mol. The van der Waals surface area contributed by atoms with E-state index in [2.05, 4.69) is 20.5 Å². The van der Waals surface area contributed by atoms with Crippen LogP contribution in [-0.4, -0.2) is 21.7 Å². The first-order chi connectivity index (χ1) is 12.5. The van der Waals surface area contributed by atoms with Gasteiger partial charge in [-0.2, -0.15) is 23.3 Å². The fraction of sp³-hybridized carbons (Fsp3) is 0.167. The van der Waals surface area contributed by atoms with Crippen LogP contribution in [0.2, 0.25) is 0 Å². The monoisotopic (exact) mass is 359 g/mol. The highest BCUT2D eigenvalue weighted by atomic mass is 19.4. The van der Waals surface area contributed by atoms with Crippen molar-refractivity contribution >= 4 is 23.1 Å². The summed E-state index contributed by atoms with van der Waals surface area (Å²) in [6.07, 6.45) is -3.04. The highest BCUT2D eigenvalue weighted by Crippen LogP contribution is 2.31. The molecule has 1 heterocycles. The number of hydrogen-bond acceptors (Lipinski definition) is 5. The third-order valence-electron chi connectivity index (χ3n) is 3.64. The van der Waals surface area contributed by atoms with Gasteiger partial charge in [0.25, 0.3) is 5.95 Å². The summed E-state index contributed by atoms with van der Waals surface area (Å²) >= 11 is 0. The van der Waals surface area contributed by atoms with Gasteiger partial charge >= 0.3 is 6.18 Å². The van der Waals surface area contributed by atoms with Crippen LogP contribution in [0.25, 0.3) is 0 Å². The molecule has 0 fully saturated rings. The molecule has 8 heteroatoms. The SMILES string of the molecule is CCN(c1ccccc1)c1nncc(Nc2cccc(C(F)(F)F)c2)n1. The lowest BCUT2D eigenvalue weighted by Gasteiger charge is -2.20. The van der Waals surface area contributed by atoms with Gasteiger partial charge in [0.1, 0.15) is 0 Å². The van der Waals surface area contributed by atoms with Gasteiger partial charge in [0, 0.05) is 17.9 Å². The third kappa shape index (κ3) is 4.08. The molecule has 0 unspecified atom stereocenters. The highest BCUT2D eigenvalue weighted by Gasteiger charge is 2.30. The molecule has 3 aromatic rings. The van der Waals surface area contributed by atoms with Gasteiger partial charge in [-0.15, -0.1) is 5.10 Å². The zero-order chi connectivity index (χ0) is 18.6. The van der Waals surface area contributed by atoms with Crippen LogP contribution >= 0.6 is 0 Å². The third-order valence-corrected chi connectivity index (χ3v) is 3.64. The van der Waals surface area contributed by atoms with Crippen LogP contribution in [0.4, 0.5) is 36.3 Å². The van der Waals surface area contributed by atoms with E-state index in [1.807, 2.05) is 42.2 Å². The van der Waals surface area contributed by atoms with E-state index in [-0.39, 0.29) is 5.69 Å². The van der Waals surface area contributed by atoms with Crippen molar-refractivity contribution < 1.29 is 13.2 Å². The Kier molecular flexibility index (Phi) is 5.01. The molecule has 0 aliphatic carbocycles. The Balaban J connectivity index is 1.86. The topological polar surface area (TPSA) is 53.9 Å². The molecule has 0 amide bonds. The molecule has 26 heavy (non-hydrogen) atoms. The van der Waals surface area contributed by atoms with Crippen molar-refractivity contribution in [3.63, 3.8) is 0 Å². The van der Waals surface area contributed by atoms with Gasteiger partial charge in [0.2, 0.25) is 0 Å². The van der Waals surface area contributed by atoms with Gasteiger partial charge in [0.05, 0.1) is 11.8 Å². The maximum Gasteiger partial charge on any atom is 0.416 e. The first-order valence-corrected chi connectivity index (χ1v) is 7.94. The highest BCUT2D eigenvalue weighted by molar-refractivity contribution is 5.60. The molecule has 0 saturated heterocycles. The molecule has 0 bridgehead atoms. The summed E-state index contributed by atoms with van der Waals surface area (Å²) in [5.74, 6) is 0.666. The quantitative estimate of drug-likeness (QED) is 0.710. The molecule has 5 nitrogen and oxygen atoms in total. The number of nitrogens with zero attached hydrogens (tertiary/aromatic N) is 4. The number of aromatic nitrogens is 3. The summed E-state index contributed by atoms with van der Waals surface area (Å²) in [6, 6.07) is 14.4. The Hall–Kier alpha value is -3.16. The molecule has 134 valence electrons. The Labute approximate surface area is 148 Å². The summed E-state index contributed by atoms with van der Waals surface area (Å²) in [5, 5.41) is 10.8. The second kappa shape index (κ2) is 7.38. The van der Waals surface area contributed by atoms with E-state index in [0.29, 0.717) is 18.3 Å². The second-order valence-corrected chi connectivity index (χ2v) is 5.42. The van der Waals surface area contributed by atoms with Crippen LogP contribution in [0.15, 0.2) is 60.8 Å². The smallest absolute Gasteiger partial charge is 0.339 e. The number of anilines is 4. The normalized spacial score (nSPS) is 11.2. The van der Waals surface area contributed by atoms with Crippen LogP contribution in [0.5, 0.6) is 0 Å². The molecule has 0 atom stereocenters. The molecule has 0 aliphatic rings. The number of halogens is 3. The Morgan fingerprint density at radius 2 is 1.81 bits per heavy atom. The van der Waals surface area contributed by atoms with Crippen molar-refractivity contribution in [3.05, 3.63) is 66.4 Å². The fourth-order valence-corrected chi connectivity index (χ4v) is 2.44. The van der Waals surface area contributed by atoms with Crippen LogP contribution in [0.3, 0.4) is 0 Å². The minimum atomic E-state index is -4.40. The van der Waals surface area contributed by atoms with E-state index in [4.69, 9.17) is 0 Å². The number of para-hydroxylation sites is 1. The first-order valence-electron chi connectivity index (χ1n) is 7.94. The van der Waals surface area contributed by atoms with E-state index in [1.165, 1.54) is 18.3 Å². The first kappa shape index (κ1) is 17.7. The second-order valence-electron chi connectivity index (χ2n) is 5.42. The molecule has 0 spiro atoms. The lowest BCUT2D eigenvalue weighted by Crippen LogP contribution is -2.19. The number of rotatable bonds is 5. The Bertz CT molecular complexity index is 868. The van der Waals surface area contributed by atoms with Crippen LogP contribution in [-0.2, 0) is 6.18 Å². The summed E-state index contributed by atoms with van der Waals surface area (Å²) in [7, 11) is 0. The van der Waals surface area contributed by atoms with Crippen molar-refractivity contribution in [2.24, 2.45) is 0 Å². The van der Waals surface area contributed by atoms with Crippen molar-refractivity contribution in [1.82, 2.24) is 15.2 Å².